The van der Waals surface area contributed by atoms with Crippen LogP contribution in [0.15, 0.2) is 97.5 Å². The lowest BCUT2D eigenvalue weighted by molar-refractivity contribution is -0.115. The third kappa shape index (κ3) is 9.13. The molecule has 1 atom stereocenters. The summed E-state index contributed by atoms with van der Waals surface area (Å²) in [4.78, 5) is 16.8. The second kappa shape index (κ2) is 15.1. The highest BCUT2D eigenvalue weighted by Gasteiger charge is 2.08. The number of carbonyl (C=O) groups is 1. The molecule has 0 saturated heterocycles. The molecule has 3 aromatic carbocycles. The standard InChI is InChI=1S/C28H30N4O2.2ClH/c33-27(24-9-5-2-6-10-24)18-29-16-15-22-11-13-25(14-12-22)31-28(34)17-26-20-32(21-30-26)19-23-7-3-1-4-8-23;;/h1-14,20-21,27,29,33H,15-19H2,(H,31,34);2*1H/t27-;;/m0../s1. The summed E-state index contributed by atoms with van der Waals surface area (Å²) in [6.45, 7) is 2.01. The van der Waals surface area contributed by atoms with Gasteiger partial charge >= 0.3 is 0 Å². The summed E-state index contributed by atoms with van der Waals surface area (Å²) in [7, 11) is 0. The van der Waals surface area contributed by atoms with Crippen molar-refractivity contribution >= 4 is 36.4 Å². The van der Waals surface area contributed by atoms with Crippen LogP contribution in [-0.4, -0.2) is 33.7 Å². The van der Waals surface area contributed by atoms with E-state index in [0.29, 0.717) is 6.54 Å². The van der Waals surface area contributed by atoms with Gasteiger partial charge in [0.15, 0.2) is 0 Å². The number of nitrogens with zero attached hydrogens (tertiary/aromatic N) is 2. The second-order valence-electron chi connectivity index (χ2n) is 8.33. The molecule has 0 unspecified atom stereocenters. The van der Waals surface area contributed by atoms with E-state index in [4.69, 9.17) is 0 Å². The Labute approximate surface area is 224 Å². The number of benzene rings is 3. The number of aliphatic hydroxyl groups excluding tert-OH is 1. The minimum absolute atomic E-state index is 0. The molecule has 36 heavy (non-hydrogen) atoms. The van der Waals surface area contributed by atoms with Crippen molar-refractivity contribution in [3.05, 3.63) is 120 Å². The van der Waals surface area contributed by atoms with Crippen molar-refractivity contribution < 1.29 is 9.90 Å². The summed E-state index contributed by atoms with van der Waals surface area (Å²) in [5, 5.41) is 16.4. The molecule has 1 amide bonds. The topological polar surface area (TPSA) is 79.2 Å². The number of hydrogen-bond donors (Lipinski definition) is 3. The molecule has 4 aromatic rings. The van der Waals surface area contributed by atoms with E-state index in [1.54, 1.807) is 6.33 Å². The maximum Gasteiger partial charge on any atom is 0.230 e. The zero-order chi connectivity index (χ0) is 23.6. The number of nitrogens with one attached hydrogen (secondary N) is 2. The number of amides is 1. The first-order valence-electron chi connectivity index (χ1n) is 11.5. The van der Waals surface area contributed by atoms with Crippen molar-refractivity contribution in [2.24, 2.45) is 0 Å². The number of hydrogen-bond acceptors (Lipinski definition) is 4. The predicted octanol–water partition coefficient (Wildman–Crippen LogP) is 4.82. The quantitative estimate of drug-likeness (QED) is 0.245. The third-order valence-electron chi connectivity index (χ3n) is 5.59. The van der Waals surface area contributed by atoms with E-state index >= 15 is 0 Å². The van der Waals surface area contributed by atoms with Gasteiger partial charge in [-0.15, -0.1) is 24.8 Å². The van der Waals surface area contributed by atoms with Crippen molar-refractivity contribution in [3.63, 3.8) is 0 Å². The Hall–Kier alpha value is -3.16. The Morgan fingerprint density at radius 2 is 1.56 bits per heavy atom. The van der Waals surface area contributed by atoms with Crippen LogP contribution in [0, 0.1) is 0 Å². The molecule has 1 heterocycles. The predicted molar refractivity (Wildman–Crippen MR) is 149 cm³/mol. The van der Waals surface area contributed by atoms with Crippen LogP contribution in [0.5, 0.6) is 0 Å². The highest BCUT2D eigenvalue weighted by molar-refractivity contribution is 5.92. The van der Waals surface area contributed by atoms with Gasteiger partial charge in [-0.05, 0) is 41.8 Å². The monoisotopic (exact) mass is 526 g/mol. The Balaban J connectivity index is 0.00000228. The van der Waals surface area contributed by atoms with E-state index in [-0.39, 0.29) is 37.1 Å². The second-order valence-corrected chi connectivity index (χ2v) is 8.33. The van der Waals surface area contributed by atoms with Gasteiger partial charge < -0.3 is 20.3 Å². The van der Waals surface area contributed by atoms with E-state index in [2.05, 4.69) is 27.8 Å². The van der Waals surface area contributed by atoms with Gasteiger partial charge in [-0.2, -0.15) is 0 Å². The van der Waals surface area contributed by atoms with Crippen LogP contribution in [0.2, 0.25) is 0 Å². The van der Waals surface area contributed by atoms with E-state index in [1.165, 1.54) is 11.1 Å². The van der Waals surface area contributed by atoms with Gasteiger partial charge in [-0.25, -0.2) is 4.98 Å². The lowest BCUT2D eigenvalue weighted by Crippen LogP contribution is -2.23. The summed E-state index contributed by atoms with van der Waals surface area (Å²) >= 11 is 0. The van der Waals surface area contributed by atoms with Gasteiger partial charge in [-0.1, -0.05) is 72.8 Å². The highest BCUT2D eigenvalue weighted by Crippen LogP contribution is 2.12. The molecule has 0 fully saturated rings. The maximum atomic E-state index is 12.4. The van der Waals surface area contributed by atoms with E-state index in [0.717, 1.165) is 36.5 Å². The summed E-state index contributed by atoms with van der Waals surface area (Å²) in [5.74, 6) is -0.0886. The van der Waals surface area contributed by atoms with Crippen LogP contribution in [0.25, 0.3) is 0 Å². The first kappa shape index (κ1) is 29.1. The minimum Gasteiger partial charge on any atom is -0.387 e. The SMILES string of the molecule is Cl.Cl.O=C(Cc1cn(Cc2ccccc2)cn1)Nc1ccc(CCNC[C@H](O)c2ccccc2)cc1. The van der Waals surface area contributed by atoms with Gasteiger partial charge in [-0.3, -0.25) is 4.79 Å². The molecule has 3 N–H and O–H groups in total. The molecule has 0 bridgehead atoms. The number of carbonyl (C=O) groups excluding carboxylic acids is 1. The van der Waals surface area contributed by atoms with Crippen molar-refractivity contribution in [1.29, 1.82) is 0 Å². The molecular weight excluding hydrogens is 495 g/mol. The fourth-order valence-electron chi connectivity index (χ4n) is 3.77. The lowest BCUT2D eigenvalue weighted by atomic mass is 10.1. The molecule has 0 aliphatic heterocycles. The summed E-state index contributed by atoms with van der Waals surface area (Å²) in [5.41, 5.74) is 4.79. The highest BCUT2D eigenvalue weighted by atomic mass is 35.5. The summed E-state index contributed by atoms with van der Waals surface area (Å²) in [6, 6.07) is 27.7. The number of anilines is 1. The zero-order valence-electron chi connectivity index (χ0n) is 19.9. The van der Waals surface area contributed by atoms with E-state index in [9.17, 15) is 9.90 Å². The maximum absolute atomic E-state index is 12.4. The Morgan fingerprint density at radius 1 is 0.889 bits per heavy atom. The van der Waals surface area contributed by atoms with Crippen LogP contribution < -0.4 is 10.6 Å². The first-order chi connectivity index (χ1) is 16.7. The van der Waals surface area contributed by atoms with Gasteiger partial charge in [0, 0.05) is 25.0 Å². The summed E-state index contributed by atoms with van der Waals surface area (Å²) < 4.78 is 1.99. The molecule has 190 valence electrons. The first-order valence-corrected chi connectivity index (χ1v) is 11.5. The third-order valence-corrected chi connectivity index (χ3v) is 5.59. The van der Waals surface area contributed by atoms with Crippen LogP contribution in [0.3, 0.4) is 0 Å². The molecule has 1 aromatic heterocycles. The van der Waals surface area contributed by atoms with Gasteiger partial charge in [0.1, 0.15) is 0 Å². The fourth-order valence-corrected chi connectivity index (χ4v) is 3.77. The Morgan fingerprint density at radius 3 is 2.25 bits per heavy atom. The van der Waals surface area contributed by atoms with Gasteiger partial charge in [0.05, 0.1) is 24.5 Å². The van der Waals surface area contributed by atoms with Gasteiger partial charge in [0.2, 0.25) is 5.91 Å². The average Bonchev–Trinajstić information content (AvgIpc) is 3.30. The Bertz CT molecular complexity index is 1170. The molecule has 0 radical (unpaired) electrons. The Kier molecular flexibility index (Phi) is 12.2. The van der Waals surface area contributed by atoms with Crippen molar-refractivity contribution in [1.82, 2.24) is 14.9 Å². The molecule has 4 rings (SSSR count). The normalized spacial score (nSPS) is 11.1. The zero-order valence-corrected chi connectivity index (χ0v) is 21.5. The number of imidazole rings is 1. The molecule has 8 heteroatoms. The number of aliphatic hydroxyl groups is 1. The van der Waals surface area contributed by atoms with Crippen LogP contribution >= 0.6 is 24.8 Å². The van der Waals surface area contributed by atoms with Crippen LogP contribution in [-0.2, 0) is 24.2 Å². The van der Waals surface area contributed by atoms with Crippen LogP contribution in [0.4, 0.5) is 5.69 Å². The molecular formula is C28H32Cl2N4O2. The largest absolute Gasteiger partial charge is 0.387 e. The fraction of sp³-hybridized carbons (Fsp3) is 0.214. The summed E-state index contributed by atoms with van der Waals surface area (Å²) in [6.07, 6.45) is 4.24. The molecule has 0 spiro atoms. The number of rotatable bonds is 11. The van der Waals surface area contributed by atoms with E-state index in [1.807, 2.05) is 83.6 Å². The smallest absolute Gasteiger partial charge is 0.230 e. The van der Waals surface area contributed by atoms with Crippen molar-refractivity contribution in [2.45, 2.75) is 25.5 Å². The van der Waals surface area contributed by atoms with E-state index < -0.39 is 6.10 Å². The minimum atomic E-state index is -0.511. The van der Waals surface area contributed by atoms with Crippen molar-refractivity contribution in [3.8, 4) is 0 Å². The van der Waals surface area contributed by atoms with Crippen LogP contribution in [0.1, 0.15) is 28.5 Å². The van der Waals surface area contributed by atoms with Gasteiger partial charge in [0.25, 0.3) is 0 Å². The van der Waals surface area contributed by atoms with Crippen molar-refractivity contribution in [2.75, 3.05) is 18.4 Å². The average molecular weight is 527 g/mol. The molecule has 0 saturated carbocycles. The number of aromatic nitrogens is 2. The number of halogens is 2. The molecule has 0 aliphatic rings. The molecule has 6 nitrogen and oxygen atoms in total. The molecule has 0 aliphatic carbocycles. The lowest BCUT2D eigenvalue weighted by Gasteiger charge is -2.12.